The third-order valence-electron chi connectivity index (χ3n) is 7.02. The van der Waals surface area contributed by atoms with Crippen LogP contribution < -0.4 is 10.6 Å². The molecule has 1 saturated heterocycles. The molecule has 1 aromatic heterocycles. The van der Waals surface area contributed by atoms with E-state index in [9.17, 15) is 0 Å². The lowest BCUT2D eigenvalue weighted by molar-refractivity contribution is 0.269. The minimum absolute atomic E-state index is 0.425. The summed E-state index contributed by atoms with van der Waals surface area (Å²) in [6.45, 7) is 21.6. The van der Waals surface area contributed by atoms with Crippen molar-refractivity contribution in [3.8, 4) is 0 Å². The van der Waals surface area contributed by atoms with Gasteiger partial charge in [-0.3, -0.25) is 0 Å². The van der Waals surface area contributed by atoms with Crippen molar-refractivity contribution < 1.29 is 0 Å². The average molecular weight is 458 g/mol. The summed E-state index contributed by atoms with van der Waals surface area (Å²) in [4.78, 5) is 9.18. The summed E-state index contributed by atoms with van der Waals surface area (Å²) in [5.41, 5.74) is 7.03. The molecule has 4 rings (SSSR count). The summed E-state index contributed by atoms with van der Waals surface area (Å²) in [7, 11) is 0. The van der Waals surface area contributed by atoms with E-state index in [1.165, 1.54) is 35.5 Å². The first kappa shape index (κ1) is 23.9. The molecule has 2 bridgehead atoms. The van der Waals surface area contributed by atoms with Crippen LogP contribution in [-0.2, 0) is 0 Å². The van der Waals surface area contributed by atoms with Crippen molar-refractivity contribution in [1.29, 1.82) is 0 Å². The Kier molecular flexibility index (Phi) is 7.30. The summed E-state index contributed by atoms with van der Waals surface area (Å²) >= 11 is 0. The molecule has 3 aliphatic rings. The van der Waals surface area contributed by atoms with Gasteiger partial charge in [0.05, 0.1) is 11.7 Å². The molecule has 0 radical (unpaired) electrons. The Hall–Kier alpha value is -3.21. The number of aromatic nitrogens is 1. The van der Waals surface area contributed by atoms with Gasteiger partial charge in [0.25, 0.3) is 0 Å². The molecule has 5 heteroatoms. The molecule has 1 atom stereocenters. The van der Waals surface area contributed by atoms with Crippen LogP contribution in [0.4, 0.5) is 5.82 Å². The molecular formula is C29H39N5. The Morgan fingerprint density at radius 1 is 1.21 bits per heavy atom. The number of hydrogen-bond donors (Lipinski definition) is 2. The SMILES string of the molecule is C=C(/C=C\C1=C(C)N(C(=C)Nc2ccccn2)C2CCN1C2)C(=C)N/C(=C(/C)CCC)C1CC1. The molecule has 0 aromatic carbocycles. The Bertz CT molecular complexity index is 1040. The van der Waals surface area contributed by atoms with Crippen LogP contribution in [0.2, 0.25) is 0 Å². The van der Waals surface area contributed by atoms with Gasteiger partial charge >= 0.3 is 0 Å². The summed E-state index contributed by atoms with van der Waals surface area (Å²) in [5, 5.41) is 7.00. The van der Waals surface area contributed by atoms with E-state index in [0.29, 0.717) is 12.0 Å². The Morgan fingerprint density at radius 2 is 2.00 bits per heavy atom. The quantitative estimate of drug-likeness (QED) is 0.383. The van der Waals surface area contributed by atoms with E-state index in [-0.39, 0.29) is 0 Å². The highest BCUT2D eigenvalue weighted by atomic mass is 15.4. The predicted molar refractivity (Wildman–Crippen MR) is 142 cm³/mol. The van der Waals surface area contributed by atoms with Crippen molar-refractivity contribution in [3.63, 3.8) is 0 Å². The van der Waals surface area contributed by atoms with Gasteiger partial charge in [0, 0.05) is 36.4 Å². The van der Waals surface area contributed by atoms with E-state index in [4.69, 9.17) is 0 Å². The normalized spacial score (nSPS) is 20.5. The minimum Gasteiger partial charge on any atom is -0.368 e. The number of pyridine rings is 1. The van der Waals surface area contributed by atoms with Crippen LogP contribution in [0.1, 0.15) is 52.9 Å². The summed E-state index contributed by atoms with van der Waals surface area (Å²) in [6.07, 6.45) is 12.0. The molecule has 2 aliphatic heterocycles. The zero-order chi connectivity index (χ0) is 24.2. The number of rotatable bonds is 11. The number of fused-ring (bicyclic) bond motifs is 2. The zero-order valence-corrected chi connectivity index (χ0v) is 21.0. The summed E-state index contributed by atoms with van der Waals surface area (Å²) in [5.74, 6) is 2.34. The van der Waals surface area contributed by atoms with E-state index in [1.807, 2.05) is 18.2 Å². The van der Waals surface area contributed by atoms with Crippen LogP contribution in [0, 0.1) is 5.92 Å². The van der Waals surface area contributed by atoms with Crippen LogP contribution in [0.25, 0.3) is 0 Å². The van der Waals surface area contributed by atoms with Crippen molar-refractivity contribution in [2.75, 3.05) is 18.4 Å². The Morgan fingerprint density at radius 3 is 2.68 bits per heavy atom. The second-order valence-electron chi connectivity index (χ2n) is 9.70. The number of nitrogens with one attached hydrogen (secondary N) is 2. The third kappa shape index (κ3) is 5.30. The average Bonchev–Trinajstić information content (AvgIpc) is 3.58. The fourth-order valence-electron chi connectivity index (χ4n) is 5.05. The second-order valence-corrected chi connectivity index (χ2v) is 9.70. The van der Waals surface area contributed by atoms with Gasteiger partial charge in [0.1, 0.15) is 11.6 Å². The van der Waals surface area contributed by atoms with Gasteiger partial charge in [0.2, 0.25) is 0 Å². The Balaban J connectivity index is 1.48. The van der Waals surface area contributed by atoms with Gasteiger partial charge in [-0.15, -0.1) is 0 Å². The van der Waals surface area contributed by atoms with E-state index < -0.39 is 0 Å². The first-order chi connectivity index (χ1) is 16.4. The lowest BCUT2D eigenvalue weighted by Crippen LogP contribution is -2.42. The third-order valence-corrected chi connectivity index (χ3v) is 7.02. The van der Waals surface area contributed by atoms with E-state index in [2.05, 4.69) is 78.1 Å². The lowest BCUT2D eigenvalue weighted by Gasteiger charge is -2.39. The van der Waals surface area contributed by atoms with Crippen molar-refractivity contribution in [2.45, 2.75) is 58.9 Å². The predicted octanol–water partition coefficient (Wildman–Crippen LogP) is 6.29. The van der Waals surface area contributed by atoms with Gasteiger partial charge in [-0.25, -0.2) is 4.98 Å². The lowest BCUT2D eigenvalue weighted by atomic mass is 10.1. The molecule has 1 aliphatic carbocycles. The molecule has 0 amide bonds. The van der Waals surface area contributed by atoms with Gasteiger partial charge < -0.3 is 20.4 Å². The van der Waals surface area contributed by atoms with E-state index in [0.717, 1.165) is 55.3 Å². The topological polar surface area (TPSA) is 43.4 Å². The molecule has 2 N–H and O–H groups in total. The molecular weight excluding hydrogens is 418 g/mol. The largest absolute Gasteiger partial charge is 0.368 e. The van der Waals surface area contributed by atoms with E-state index in [1.54, 1.807) is 6.20 Å². The molecule has 1 aromatic rings. The molecule has 34 heavy (non-hydrogen) atoms. The van der Waals surface area contributed by atoms with Crippen LogP contribution >= 0.6 is 0 Å². The summed E-state index contributed by atoms with van der Waals surface area (Å²) in [6, 6.07) is 6.29. The highest BCUT2D eigenvalue weighted by molar-refractivity contribution is 5.44. The van der Waals surface area contributed by atoms with Crippen molar-refractivity contribution in [2.24, 2.45) is 5.92 Å². The molecule has 0 spiro atoms. The maximum absolute atomic E-state index is 4.39. The highest BCUT2D eigenvalue weighted by Crippen LogP contribution is 2.38. The molecule has 3 heterocycles. The number of anilines is 1. The zero-order valence-electron chi connectivity index (χ0n) is 21.0. The standard InChI is InChI=1S/C29H39N5/c1-7-10-21(3)29(25-13-14-25)31-22(4)20(2)12-15-27-23(5)34(26-16-18-33(27)19-26)24(6)32-28-11-8-9-17-30-28/h8-9,11-12,15,17,25-26,31H,2,4,6-7,10,13-14,16,18-19H2,1,3,5H3,(H,30,32)/b15-12-,29-21-. The molecule has 1 unspecified atom stereocenters. The van der Waals surface area contributed by atoms with Crippen molar-refractivity contribution in [1.82, 2.24) is 20.1 Å². The maximum atomic E-state index is 4.39. The first-order valence-electron chi connectivity index (χ1n) is 12.5. The molecule has 2 fully saturated rings. The smallest absolute Gasteiger partial charge is 0.131 e. The van der Waals surface area contributed by atoms with E-state index >= 15 is 0 Å². The van der Waals surface area contributed by atoms with Gasteiger partial charge in [0.15, 0.2) is 0 Å². The molecule has 5 nitrogen and oxygen atoms in total. The van der Waals surface area contributed by atoms with Gasteiger partial charge in [-0.2, -0.15) is 0 Å². The monoisotopic (exact) mass is 457 g/mol. The highest BCUT2D eigenvalue weighted by Gasteiger charge is 2.36. The molecule has 1 saturated carbocycles. The van der Waals surface area contributed by atoms with Crippen molar-refractivity contribution >= 4 is 5.82 Å². The Labute approximate surface area is 205 Å². The first-order valence-corrected chi connectivity index (χ1v) is 12.5. The summed E-state index contributed by atoms with van der Waals surface area (Å²) < 4.78 is 0. The van der Waals surface area contributed by atoms with Gasteiger partial charge in [-0.1, -0.05) is 50.8 Å². The molecule has 180 valence electrons. The number of nitrogens with zero attached hydrogens (tertiary/aromatic N) is 3. The number of allylic oxidation sites excluding steroid dienone is 5. The van der Waals surface area contributed by atoms with Crippen LogP contribution in [-0.4, -0.2) is 33.9 Å². The van der Waals surface area contributed by atoms with Crippen LogP contribution in [0.15, 0.2) is 96.0 Å². The second kappa shape index (κ2) is 10.4. The minimum atomic E-state index is 0.425. The van der Waals surface area contributed by atoms with Crippen LogP contribution in [0.5, 0.6) is 0 Å². The van der Waals surface area contributed by atoms with Crippen LogP contribution in [0.3, 0.4) is 0 Å². The van der Waals surface area contributed by atoms with Gasteiger partial charge in [-0.05, 0) is 69.2 Å². The number of hydrogen-bond acceptors (Lipinski definition) is 5. The fourth-order valence-corrected chi connectivity index (χ4v) is 5.05. The van der Waals surface area contributed by atoms with Crippen molar-refractivity contribution in [3.05, 3.63) is 96.0 Å². The maximum Gasteiger partial charge on any atom is 0.131 e. The fraction of sp³-hybridized carbons (Fsp3) is 0.414.